The lowest BCUT2D eigenvalue weighted by molar-refractivity contribution is 0.0777. The highest BCUT2D eigenvalue weighted by Crippen LogP contribution is 2.32. The molecular formula is C26H25N3O5S. The van der Waals surface area contributed by atoms with Crippen molar-refractivity contribution in [2.24, 2.45) is 0 Å². The molecule has 0 radical (unpaired) electrons. The summed E-state index contributed by atoms with van der Waals surface area (Å²) in [6.07, 6.45) is -0.137. The van der Waals surface area contributed by atoms with E-state index in [1.807, 2.05) is 68.4 Å². The number of nitrogens with zero attached hydrogens (tertiary/aromatic N) is 3. The lowest BCUT2D eigenvalue weighted by Crippen LogP contribution is -2.33. The third-order valence-corrected chi connectivity index (χ3v) is 6.72. The smallest absolute Gasteiger partial charge is 0.277 e. The van der Waals surface area contributed by atoms with Crippen LogP contribution >= 0.6 is 11.8 Å². The van der Waals surface area contributed by atoms with E-state index in [4.69, 9.17) is 18.6 Å². The van der Waals surface area contributed by atoms with Gasteiger partial charge >= 0.3 is 0 Å². The highest BCUT2D eigenvalue weighted by Gasteiger charge is 2.24. The second-order valence-corrected chi connectivity index (χ2v) is 9.13. The third-order valence-electron chi connectivity index (χ3n) is 5.90. The van der Waals surface area contributed by atoms with Gasteiger partial charge in [0.05, 0.1) is 19.4 Å². The molecule has 1 aliphatic rings. The lowest BCUT2D eigenvalue weighted by Gasteiger charge is -2.27. The minimum absolute atomic E-state index is 0.00436. The Kier molecular flexibility index (Phi) is 6.50. The number of ketones is 1. The standard InChI is InChI=1S/C26H25N3O5S/c1-16-12-21(17(2)29(16)13-20-14-32-23-6-4-5-7-24(23)33-20)22(30)15-35-26-28-27-25(34-26)18-8-10-19(31-3)11-9-18/h4-12,20H,13-15H2,1-3H3/t20-/m0/s1. The molecule has 0 amide bonds. The molecule has 180 valence electrons. The van der Waals surface area contributed by atoms with Crippen LogP contribution in [-0.4, -0.2) is 46.1 Å². The summed E-state index contributed by atoms with van der Waals surface area (Å²) >= 11 is 1.23. The van der Waals surface area contributed by atoms with E-state index in [2.05, 4.69) is 14.8 Å². The number of aromatic nitrogens is 3. The molecule has 5 rings (SSSR count). The molecule has 8 nitrogen and oxygen atoms in total. The molecule has 1 atom stereocenters. The van der Waals surface area contributed by atoms with E-state index in [9.17, 15) is 4.79 Å². The van der Waals surface area contributed by atoms with Crippen LogP contribution in [0.15, 0.2) is 64.2 Å². The summed E-state index contributed by atoms with van der Waals surface area (Å²) < 4.78 is 24.9. The highest BCUT2D eigenvalue weighted by molar-refractivity contribution is 7.99. The van der Waals surface area contributed by atoms with Crippen LogP contribution in [0.5, 0.6) is 17.2 Å². The molecule has 2 aromatic heterocycles. The van der Waals surface area contributed by atoms with Crippen molar-refractivity contribution in [3.05, 3.63) is 71.5 Å². The van der Waals surface area contributed by atoms with Crippen molar-refractivity contribution in [2.75, 3.05) is 19.5 Å². The van der Waals surface area contributed by atoms with Crippen molar-refractivity contribution in [1.29, 1.82) is 0 Å². The monoisotopic (exact) mass is 491 g/mol. The molecule has 0 saturated carbocycles. The second-order valence-electron chi connectivity index (χ2n) is 8.21. The van der Waals surface area contributed by atoms with E-state index in [1.165, 1.54) is 11.8 Å². The summed E-state index contributed by atoms with van der Waals surface area (Å²) in [5.41, 5.74) is 3.37. The average Bonchev–Trinajstić information content (AvgIpc) is 3.47. The molecule has 35 heavy (non-hydrogen) atoms. The number of ether oxygens (including phenoxy) is 3. The summed E-state index contributed by atoms with van der Waals surface area (Å²) in [5.74, 6) is 2.85. The summed E-state index contributed by atoms with van der Waals surface area (Å²) in [4.78, 5) is 13.0. The largest absolute Gasteiger partial charge is 0.497 e. The molecule has 1 aliphatic heterocycles. The van der Waals surface area contributed by atoms with Crippen LogP contribution < -0.4 is 14.2 Å². The van der Waals surface area contributed by atoms with Crippen LogP contribution in [0, 0.1) is 13.8 Å². The number of rotatable bonds is 8. The molecule has 0 unspecified atom stereocenters. The molecule has 0 saturated heterocycles. The van der Waals surface area contributed by atoms with Crippen molar-refractivity contribution < 1.29 is 23.4 Å². The number of carbonyl (C=O) groups excluding carboxylic acids is 1. The van der Waals surface area contributed by atoms with Crippen LogP contribution in [0.2, 0.25) is 0 Å². The normalized spacial score (nSPS) is 14.7. The molecule has 4 aromatic rings. The van der Waals surface area contributed by atoms with Gasteiger partial charge in [0.1, 0.15) is 12.4 Å². The van der Waals surface area contributed by atoms with Crippen LogP contribution in [0.1, 0.15) is 21.7 Å². The van der Waals surface area contributed by atoms with Gasteiger partial charge in [0, 0.05) is 22.5 Å². The molecule has 0 bridgehead atoms. The SMILES string of the molecule is COc1ccc(-c2nnc(SCC(=O)c3cc(C)n(C[C@H]4COc5ccccc5O4)c3C)o2)cc1. The van der Waals surface area contributed by atoms with E-state index >= 15 is 0 Å². The lowest BCUT2D eigenvalue weighted by atomic mass is 10.2. The number of para-hydroxylation sites is 2. The predicted molar refractivity (Wildman–Crippen MR) is 132 cm³/mol. The number of carbonyl (C=O) groups is 1. The Morgan fingerprint density at radius 3 is 2.66 bits per heavy atom. The minimum Gasteiger partial charge on any atom is -0.497 e. The van der Waals surface area contributed by atoms with E-state index in [1.54, 1.807) is 7.11 Å². The van der Waals surface area contributed by atoms with Gasteiger partial charge in [0.2, 0.25) is 5.89 Å². The first-order valence-electron chi connectivity index (χ1n) is 11.2. The van der Waals surface area contributed by atoms with Gasteiger partial charge in [-0.15, -0.1) is 10.2 Å². The molecule has 0 N–H and O–H groups in total. The van der Waals surface area contributed by atoms with Gasteiger partial charge in [-0.05, 0) is 56.3 Å². The number of aryl methyl sites for hydroxylation is 1. The van der Waals surface area contributed by atoms with Gasteiger partial charge in [-0.3, -0.25) is 4.79 Å². The molecular weight excluding hydrogens is 466 g/mol. The Labute approximate surface area is 207 Å². The van der Waals surface area contributed by atoms with Gasteiger partial charge in [-0.1, -0.05) is 23.9 Å². The number of Topliss-reactive ketones (excluding diaryl/α,β-unsaturated/α-hetero) is 1. The van der Waals surface area contributed by atoms with Gasteiger partial charge in [-0.25, -0.2) is 0 Å². The molecule has 0 spiro atoms. The quantitative estimate of drug-likeness (QED) is 0.252. The van der Waals surface area contributed by atoms with Crippen molar-refractivity contribution >= 4 is 17.5 Å². The first-order chi connectivity index (χ1) is 17.0. The number of benzene rings is 2. The molecule has 0 aliphatic carbocycles. The fraction of sp³-hybridized carbons (Fsp3) is 0.269. The maximum Gasteiger partial charge on any atom is 0.277 e. The fourth-order valence-electron chi connectivity index (χ4n) is 4.04. The Morgan fingerprint density at radius 2 is 1.89 bits per heavy atom. The maximum atomic E-state index is 13.0. The van der Waals surface area contributed by atoms with Crippen molar-refractivity contribution in [3.8, 4) is 28.7 Å². The van der Waals surface area contributed by atoms with Gasteiger partial charge < -0.3 is 23.2 Å². The minimum atomic E-state index is -0.137. The van der Waals surface area contributed by atoms with Crippen molar-refractivity contribution in [2.45, 2.75) is 31.7 Å². The van der Waals surface area contributed by atoms with Crippen LogP contribution in [-0.2, 0) is 6.54 Å². The third kappa shape index (κ3) is 4.90. The fourth-order valence-corrected chi connectivity index (χ4v) is 4.69. The van der Waals surface area contributed by atoms with Crippen LogP contribution in [0.4, 0.5) is 0 Å². The zero-order chi connectivity index (χ0) is 24.4. The summed E-state index contributed by atoms with van der Waals surface area (Å²) in [6.45, 7) is 5.01. The number of methoxy groups -OCH3 is 1. The number of hydrogen-bond acceptors (Lipinski definition) is 8. The first-order valence-corrected chi connectivity index (χ1v) is 12.2. The Balaban J connectivity index is 1.22. The number of hydrogen-bond donors (Lipinski definition) is 0. The Hall–Kier alpha value is -3.72. The van der Waals surface area contributed by atoms with Crippen LogP contribution in [0.3, 0.4) is 0 Å². The number of thioether (sulfide) groups is 1. The van der Waals surface area contributed by atoms with Gasteiger partial charge in [-0.2, -0.15) is 0 Å². The topological polar surface area (TPSA) is 88.6 Å². The van der Waals surface area contributed by atoms with E-state index in [0.717, 1.165) is 34.2 Å². The van der Waals surface area contributed by atoms with Crippen molar-refractivity contribution in [1.82, 2.24) is 14.8 Å². The molecule has 9 heteroatoms. The average molecular weight is 492 g/mol. The first kappa shape index (κ1) is 23.0. The Morgan fingerprint density at radius 1 is 1.11 bits per heavy atom. The highest BCUT2D eigenvalue weighted by atomic mass is 32.2. The number of fused-ring (bicyclic) bond motifs is 1. The van der Waals surface area contributed by atoms with Gasteiger partial charge in [0.25, 0.3) is 5.22 Å². The predicted octanol–water partition coefficient (Wildman–Crippen LogP) is 4.98. The second kappa shape index (κ2) is 9.87. The summed E-state index contributed by atoms with van der Waals surface area (Å²) in [7, 11) is 1.61. The summed E-state index contributed by atoms with van der Waals surface area (Å²) in [6, 6.07) is 16.9. The zero-order valence-electron chi connectivity index (χ0n) is 19.7. The van der Waals surface area contributed by atoms with Gasteiger partial charge in [0.15, 0.2) is 23.4 Å². The summed E-state index contributed by atoms with van der Waals surface area (Å²) in [5, 5.41) is 8.51. The van der Waals surface area contributed by atoms with Crippen LogP contribution in [0.25, 0.3) is 11.5 Å². The maximum absolute atomic E-state index is 13.0. The van der Waals surface area contributed by atoms with E-state index in [0.29, 0.717) is 29.8 Å². The molecule has 0 fully saturated rings. The molecule has 3 heterocycles. The van der Waals surface area contributed by atoms with E-state index < -0.39 is 0 Å². The Bertz CT molecular complexity index is 1350. The van der Waals surface area contributed by atoms with Crippen molar-refractivity contribution in [3.63, 3.8) is 0 Å². The molecule has 2 aromatic carbocycles. The zero-order valence-corrected chi connectivity index (χ0v) is 20.5. The van der Waals surface area contributed by atoms with E-state index in [-0.39, 0.29) is 17.6 Å².